The van der Waals surface area contributed by atoms with Gasteiger partial charge in [0.1, 0.15) is 18.2 Å². The Morgan fingerprint density at radius 1 is 1.24 bits per heavy atom. The first kappa shape index (κ1) is 17.6. The van der Waals surface area contributed by atoms with Crippen LogP contribution in [-0.4, -0.2) is 55.1 Å². The first-order valence-corrected chi connectivity index (χ1v) is 7.20. The molecule has 0 aliphatic heterocycles. The van der Waals surface area contributed by atoms with Crippen molar-refractivity contribution in [1.82, 2.24) is 9.97 Å². The number of rotatable bonds is 11. The van der Waals surface area contributed by atoms with Crippen molar-refractivity contribution >= 4 is 11.6 Å². The van der Waals surface area contributed by atoms with Crippen LogP contribution in [-0.2, 0) is 16.1 Å². The molecule has 1 rings (SSSR count). The van der Waals surface area contributed by atoms with Crippen LogP contribution < -0.4 is 10.6 Å². The van der Waals surface area contributed by atoms with E-state index in [9.17, 15) is 0 Å². The maximum Gasteiger partial charge on any atom is 0.158 e. The van der Waals surface area contributed by atoms with Crippen LogP contribution in [0.1, 0.15) is 25.6 Å². The fourth-order valence-corrected chi connectivity index (χ4v) is 1.87. The average molecular weight is 298 g/mol. The van der Waals surface area contributed by atoms with Gasteiger partial charge in [-0.1, -0.05) is 6.92 Å². The lowest BCUT2D eigenvalue weighted by atomic mass is 10.2. The third-order valence-electron chi connectivity index (χ3n) is 2.80. The Morgan fingerprint density at radius 2 is 2.00 bits per heavy atom. The summed E-state index contributed by atoms with van der Waals surface area (Å²) >= 11 is 0. The van der Waals surface area contributed by atoms with Gasteiger partial charge in [-0.3, -0.25) is 0 Å². The van der Waals surface area contributed by atoms with Gasteiger partial charge >= 0.3 is 0 Å². The highest BCUT2D eigenvalue weighted by molar-refractivity contribution is 5.48. The lowest BCUT2D eigenvalue weighted by Crippen LogP contribution is -2.27. The highest BCUT2D eigenvalue weighted by atomic mass is 16.5. The van der Waals surface area contributed by atoms with Crippen molar-refractivity contribution in [1.29, 1.82) is 0 Å². The number of hydrogen-bond donors (Lipinski definition) is 3. The van der Waals surface area contributed by atoms with Crippen molar-refractivity contribution in [3.05, 3.63) is 11.9 Å². The lowest BCUT2D eigenvalue weighted by Gasteiger charge is -2.18. The van der Waals surface area contributed by atoms with E-state index in [1.807, 2.05) is 6.07 Å². The second kappa shape index (κ2) is 10.3. The minimum Gasteiger partial charge on any atom is -0.396 e. The third kappa shape index (κ3) is 6.70. The number of aliphatic hydroxyl groups is 1. The average Bonchev–Trinajstić information content (AvgIpc) is 2.46. The summed E-state index contributed by atoms with van der Waals surface area (Å²) in [4.78, 5) is 8.80. The SMILES string of the molecule is CCCNc1cc(NC(CCO)COC)nc(COC)n1. The number of nitrogens with one attached hydrogen (secondary N) is 2. The maximum atomic E-state index is 9.09. The molecular formula is C14H26N4O3. The van der Waals surface area contributed by atoms with Crippen molar-refractivity contribution in [2.24, 2.45) is 0 Å². The van der Waals surface area contributed by atoms with Crippen LogP contribution in [0.5, 0.6) is 0 Å². The quantitative estimate of drug-likeness (QED) is 0.566. The van der Waals surface area contributed by atoms with Gasteiger partial charge in [0.05, 0.1) is 12.6 Å². The fraction of sp³-hybridized carbons (Fsp3) is 0.714. The molecule has 0 aliphatic carbocycles. The largest absolute Gasteiger partial charge is 0.396 e. The molecule has 120 valence electrons. The smallest absolute Gasteiger partial charge is 0.158 e. The van der Waals surface area contributed by atoms with Crippen molar-refractivity contribution in [2.75, 3.05) is 44.6 Å². The Balaban J connectivity index is 2.83. The van der Waals surface area contributed by atoms with Gasteiger partial charge in [0.15, 0.2) is 5.82 Å². The predicted octanol–water partition coefficient (Wildman–Crippen LogP) is 1.25. The van der Waals surface area contributed by atoms with E-state index in [-0.39, 0.29) is 12.6 Å². The molecule has 0 saturated heterocycles. The van der Waals surface area contributed by atoms with E-state index in [4.69, 9.17) is 14.6 Å². The van der Waals surface area contributed by atoms with E-state index in [0.717, 1.165) is 18.8 Å². The van der Waals surface area contributed by atoms with Crippen LogP contribution in [0.2, 0.25) is 0 Å². The summed E-state index contributed by atoms with van der Waals surface area (Å²) in [6.45, 7) is 3.89. The summed E-state index contributed by atoms with van der Waals surface area (Å²) < 4.78 is 10.2. The van der Waals surface area contributed by atoms with Gasteiger partial charge in [0.25, 0.3) is 0 Å². The zero-order valence-corrected chi connectivity index (χ0v) is 13.1. The number of aromatic nitrogens is 2. The molecule has 1 atom stereocenters. The van der Waals surface area contributed by atoms with Crippen molar-refractivity contribution in [3.63, 3.8) is 0 Å². The molecule has 1 aromatic heterocycles. The van der Waals surface area contributed by atoms with Crippen LogP contribution in [0, 0.1) is 0 Å². The summed E-state index contributed by atoms with van der Waals surface area (Å²) in [5, 5.41) is 15.6. The predicted molar refractivity (Wildman–Crippen MR) is 82.5 cm³/mol. The van der Waals surface area contributed by atoms with Crippen LogP contribution in [0.3, 0.4) is 0 Å². The molecule has 0 amide bonds. The Bertz CT molecular complexity index is 398. The van der Waals surface area contributed by atoms with Gasteiger partial charge in [-0.25, -0.2) is 9.97 Å². The molecule has 0 bridgehead atoms. The molecule has 0 aliphatic rings. The van der Waals surface area contributed by atoms with Crippen molar-refractivity contribution in [3.8, 4) is 0 Å². The molecule has 1 heterocycles. The molecule has 7 nitrogen and oxygen atoms in total. The highest BCUT2D eigenvalue weighted by Crippen LogP contribution is 2.14. The second-order valence-corrected chi connectivity index (χ2v) is 4.72. The van der Waals surface area contributed by atoms with Crippen molar-refractivity contribution in [2.45, 2.75) is 32.4 Å². The summed E-state index contributed by atoms with van der Waals surface area (Å²) in [5.74, 6) is 2.08. The number of anilines is 2. The summed E-state index contributed by atoms with van der Waals surface area (Å²) in [7, 11) is 3.25. The highest BCUT2D eigenvalue weighted by Gasteiger charge is 2.11. The Morgan fingerprint density at radius 3 is 2.62 bits per heavy atom. The second-order valence-electron chi connectivity index (χ2n) is 4.72. The van der Waals surface area contributed by atoms with Gasteiger partial charge in [-0.15, -0.1) is 0 Å². The maximum absolute atomic E-state index is 9.09. The topological polar surface area (TPSA) is 88.5 Å². The van der Waals surface area contributed by atoms with Crippen LogP contribution in [0.4, 0.5) is 11.6 Å². The standard InChI is InChI=1S/C14H26N4O3/c1-4-6-15-12-8-13(18-14(17-12)10-21-3)16-11(5-7-19)9-20-2/h8,11,19H,4-7,9-10H2,1-3H3,(H2,15,16,17,18). The number of hydrogen-bond acceptors (Lipinski definition) is 7. The van der Waals surface area contributed by atoms with E-state index in [0.29, 0.717) is 31.3 Å². The molecule has 3 N–H and O–H groups in total. The number of methoxy groups -OCH3 is 2. The minimum atomic E-state index is 0.00400. The zero-order chi connectivity index (χ0) is 15.5. The summed E-state index contributed by atoms with van der Waals surface area (Å²) in [6, 6.07) is 1.86. The van der Waals surface area contributed by atoms with Gasteiger partial charge in [-0.05, 0) is 12.8 Å². The Labute approximate surface area is 126 Å². The van der Waals surface area contributed by atoms with E-state index >= 15 is 0 Å². The fourth-order valence-electron chi connectivity index (χ4n) is 1.87. The van der Waals surface area contributed by atoms with Gasteiger partial charge in [-0.2, -0.15) is 0 Å². The monoisotopic (exact) mass is 298 g/mol. The normalized spacial score (nSPS) is 12.2. The van der Waals surface area contributed by atoms with Gasteiger partial charge in [0, 0.05) is 33.4 Å². The van der Waals surface area contributed by atoms with Crippen molar-refractivity contribution < 1.29 is 14.6 Å². The molecule has 0 spiro atoms. The molecule has 21 heavy (non-hydrogen) atoms. The number of aliphatic hydroxyl groups excluding tert-OH is 1. The molecule has 1 aromatic rings. The van der Waals surface area contributed by atoms with E-state index < -0.39 is 0 Å². The molecule has 0 saturated carbocycles. The molecule has 1 unspecified atom stereocenters. The minimum absolute atomic E-state index is 0.00400. The first-order chi connectivity index (χ1) is 10.2. The Hall–Kier alpha value is -1.44. The van der Waals surface area contributed by atoms with Crippen LogP contribution >= 0.6 is 0 Å². The number of nitrogens with zero attached hydrogens (tertiary/aromatic N) is 2. The molecule has 7 heteroatoms. The molecule has 0 radical (unpaired) electrons. The molecule has 0 fully saturated rings. The van der Waals surface area contributed by atoms with E-state index in [2.05, 4.69) is 27.5 Å². The van der Waals surface area contributed by atoms with E-state index in [1.54, 1.807) is 14.2 Å². The van der Waals surface area contributed by atoms with Gasteiger partial charge in [0.2, 0.25) is 0 Å². The molecule has 0 aromatic carbocycles. The summed E-state index contributed by atoms with van der Waals surface area (Å²) in [5.41, 5.74) is 0. The molecular weight excluding hydrogens is 272 g/mol. The summed E-state index contributed by atoms with van der Waals surface area (Å²) in [6.07, 6.45) is 1.61. The van der Waals surface area contributed by atoms with Crippen LogP contribution in [0.15, 0.2) is 6.07 Å². The number of ether oxygens (including phenoxy) is 2. The first-order valence-electron chi connectivity index (χ1n) is 7.20. The lowest BCUT2D eigenvalue weighted by molar-refractivity contribution is 0.169. The zero-order valence-electron chi connectivity index (χ0n) is 13.1. The van der Waals surface area contributed by atoms with E-state index in [1.165, 1.54) is 0 Å². The van der Waals surface area contributed by atoms with Gasteiger partial charge < -0.3 is 25.2 Å². The van der Waals surface area contributed by atoms with Crippen LogP contribution in [0.25, 0.3) is 0 Å². The Kier molecular flexibility index (Phi) is 8.65. The third-order valence-corrected chi connectivity index (χ3v) is 2.80.